The van der Waals surface area contributed by atoms with Crippen molar-refractivity contribution in [3.8, 4) is 5.75 Å². The van der Waals surface area contributed by atoms with Crippen molar-refractivity contribution >= 4 is 0 Å². The van der Waals surface area contributed by atoms with E-state index in [1.807, 2.05) is 4.68 Å². The van der Waals surface area contributed by atoms with Crippen LogP contribution in [0.2, 0.25) is 0 Å². The van der Waals surface area contributed by atoms with Gasteiger partial charge in [-0.3, -0.25) is 4.68 Å². The molecule has 0 saturated heterocycles. The predicted molar refractivity (Wildman–Crippen MR) is 68.3 cm³/mol. The fourth-order valence-corrected chi connectivity index (χ4v) is 2.00. The first kappa shape index (κ1) is 14.0. The first-order valence-electron chi connectivity index (χ1n) is 6.49. The Bertz CT molecular complexity index is 323. The minimum absolute atomic E-state index is 0.213. The van der Waals surface area contributed by atoms with E-state index in [1.165, 1.54) is 0 Å². The molecule has 1 rings (SSSR count). The Morgan fingerprint density at radius 1 is 1.35 bits per heavy atom. The van der Waals surface area contributed by atoms with Gasteiger partial charge in [0.1, 0.15) is 0 Å². The number of methoxy groups -OCH3 is 1. The third-order valence-electron chi connectivity index (χ3n) is 2.90. The summed E-state index contributed by atoms with van der Waals surface area (Å²) < 4.78 is 7.28. The molecule has 98 valence electrons. The Morgan fingerprint density at radius 2 is 2.12 bits per heavy atom. The highest BCUT2D eigenvalue weighted by Crippen LogP contribution is 2.20. The molecule has 1 N–H and O–H groups in total. The standard InChI is InChI=1S/C13H24N2O2/c1-4-6-11(16)7-8-12-13(17-3)10-14-15(12)9-5-2/h10-11,16H,4-9H2,1-3H3. The maximum absolute atomic E-state index is 9.76. The van der Waals surface area contributed by atoms with Gasteiger partial charge in [-0.25, -0.2) is 0 Å². The molecule has 17 heavy (non-hydrogen) atoms. The number of hydrogen-bond acceptors (Lipinski definition) is 3. The van der Waals surface area contributed by atoms with Gasteiger partial charge < -0.3 is 9.84 Å². The van der Waals surface area contributed by atoms with Crippen molar-refractivity contribution in [2.45, 2.75) is 58.6 Å². The summed E-state index contributed by atoms with van der Waals surface area (Å²) in [5.41, 5.74) is 1.10. The van der Waals surface area contributed by atoms with Crippen LogP contribution in [0.1, 0.15) is 45.2 Å². The summed E-state index contributed by atoms with van der Waals surface area (Å²) in [5.74, 6) is 0.835. The molecule has 1 heterocycles. The Morgan fingerprint density at radius 3 is 2.71 bits per heavy atom. The number of aromatic nitrogens is 2. The summed E-state index contributed by atoms with van der Waals surface area (Å²) in [4.78, 5) is 0. The van der Waals surface area contributed by atoms with Crippen molar-refractivity contribution in [1.29, 1.82) is 0 Å². The molecule has 0 spiro atoms. The minimum atomic E-state index is -0.213. The topological polar surface area (TPSA) is 47.3 Å². The van der Waals surface area contributed by atoms with Gasteiger partial charge in [0, 0.05) is 6.54 Å². The smallest absolute Gasteiger partial charge is 0.159 e. The zero-order valence-corrected chi connectivity index (χ0v) is 11.1. The third-order valence-corrected chi connectivity index (χ3v) is 2.90. The van der Waals surface area contributed by atoms with Crippen LogP contribution in [-0.4, -0.2) is 28.1 Å². The predicted octanol–water partition coefficient (Wildman–Crippen LogP) is 2.40. The van der Waals surface area contributed by atoms with Crippen LogP contribution >= 0.6 is 0 Å². The van der Waals surface area contributed by atoms with Crippen molar-refractivity contribution in [3.05, 3.63) is 11.9 Å². The van der Waals surface area contributed by atoms with E-state index in [0.29, 0.717) is 0 Å². The zero-order chi connectivity index (χ0) is 12.7. The lowest BCUT2D eigenvalue weighted by Crippen LogP contribution is -2.11. The molecule has 0 aliphatic heterocycles. The van der Waals surface area contributed by atoms with Gasteiger partial charge in [-0.15, -0.1) is 0 Å². The molecule has 0 amide bonds. The van der Waals surface area contributed by atoms with E-state index in [2.05, 4.69) is 18.9 Å². The maximum atomic E-state index is 9.76. The molecule has 0 fully saturated rings. The van der Waals surface area contributed by atoms with Crippen molar-refractivity contribution in [2.75, 3.05) is 7.11 Å². The lowest BCUT2D eigenvalue weighted by atomic mass is 10.1. The number of aliphatic hydroxyl groups excluding tert-OH is 1. The van der Waals surface area contributed by atoms with E-state index in [1.54, 1.807) is 13.3 Å². The molecule has 4 heteroatoms. The molecule has 0 aliphatic rings. The van der Waals surface area contributed by atoms with Crippen LogP contribution in [0.5, 0.6) is 5.75 Å². The van der Waals surface area contributed by atoms with Crippen molar-refractivity contribution in [2.24, 2.45) is 0 Å². The van der Waals surface area contributed by atoms with Crippen LogP contribution in [0.25, 0.3) is 0 Å². The van der Waals surface area contributed by atoms with Crippen LogP contribution in [-0.2, 0) is 13.0 Å². The first-order chi connectivity index (χ1) is 8.22. The number of aryl methyl sites for hydroxylation is 1. The van der Waals surface area contributed by atoms with Crippen molar-refractivity contribution in [3.63, 3.8) is 0 Å². The average Bonchev–Trinajstić information content (AvgIpc) is 2.70. The summed E-state index contributed by atoms with van der Waals surface area (Å²) in [6, 6.07) is 0. The maximum Gasteiger partial charge on any atom is 0.159 e. The Labute approximate surface area is 104 Å². The molecule has 0 aliphatic carbocycles. The molecule has 1 atom stereocenters. The molecular weight excluding hydrogens is 216 g/mol. The first-order valence-corrected chi connectivity index (χ1v) is 6.49. The summed E-state index contributed by atoms with van der Waals surface area (Å²) in [5, 5.41) is 14.1. The number of aliphatic hydroxyl groups is 1. The van der Waals surface area contributed by atoms with E-state index in [0.717, 1.165) is 50.1 Å². The summed E-state index contributed by atoms with van der Waals surface area (Å²) >= 11 is 0. The molecule has 0 saturated carbocycles. The molecule has 0 radical (unpaired) electrons. The normalized spacial score (nSPS) is 12.7. The van der Waals surface area contributed by atoms with Gasteiger partial charge in [0.25, 0.3) is 0 Å². The van der Waals surface area contributed by atoms with E-state index >= 15 is 0 Å². The second kappa shape index (κ2) is 7.33. The molecule has 0 aromatic carbocycles. The molecule has 1 unspecified atom stereocenters. The van der Waals surface area contributed by atoms with Crippen LogP contribution in [0.4, 0.5) is 0 Å². The van der Waals surface area contributed by atoms with Crippen LogP contribution in [0.3, 0.4) is 0 Å². The van der Waals surface area contributed by atoms with E-state index in [4.69, 9.17) is 4.74 Å². The molecule has 4 nitrogen and oxygen atoms in total. The summed E-state index contributed by atoms with van der Waals surface area (Å²) in [6.45, 7) is 5.12. The van der Waals surface area contributed by atoms with E-state index in [9.17, 15) is 5.11 Å². The van der Waals surface area contributed by atoms with Gasteiger partial charge in [0.2, 0.25) is 0 Å². The summed E-state index contributed by atoms with van der Waals surface area (Å²) in [6.07, 6.45) is 6.09. The van der Waals surface area contributed by atoms with Gasteiger partial charge in [-0.2, -0.15) is 5.10 Å². The SMILES string of the molecule is CCCC(O)CCc1c(OC)cnn1CCC. The van der Waals surface area contributed by atoms with Gasteiger partial charge in [-0.1, -0.05) is 20.3 Å². The second-order valence-electron chi connectivity index (χ2n) is 4.36. The monoisotopic (exact) mass is 240 g/mol. The van der Waals surface area contributed by atoms with Crippen LogP contribution < -0.4 is 4.74 Å². The van der Waals surface area contributed by atoms with Gasteiger partial charge in [0.15, 0.2) is 5.75 Å². The van der Waals surface area contributed by atoms with Gasteiger partial charge in [-0.05, 0) is 25.7 Å². The molecular formula is C13H24N2O2. The quantitative estimate of drug-likeness (QED) is 0.759. The molecule has 1 aromatic heterocycles. The number of rotatable bonds is 8. The Kier molecular flexibility index (Phi) is 6.05. The fraction of sp³-hybridized carbons (Fsp3) is 0.769. The number of nitrogens with zero attached hydrogens (tertiary/aromatic N) is 2. The highest BCUT2D eigenvalue weighted by atomic mass is 16.5. The average molecular weight is 240 g/mol. The van der Waals surface area contributed by atoms with Crippen LogP contribution in [0, 0.1) is 0 Å². The third kappa shape index (κ3) is 4.04. The van der Waals surface area contributed by atoms with Crippen LogP contribution in [0.15, 0.2) is 6.20 Å². The number of hydrogen-bond donors (Lipinski definition) is 1. The Hall–Kier alpha value is -1.03. The lowest BCUT2D eigenvalue weighted by molar-refractivity contribution is 0.153. The number of ether oxygens (including phenoxy) is 1. The van der Waals surface area contributed by atoms with E-state index < -0.39 is 0 Å². The fourth-order valence-electron chi connectivity index (χ4n) is 2.00. The minimum Gasteiger partial charge on any atom is -0.493 e. The van der Waals surface area contributed by atoms with Gasteiger partial charge in [0.05, 0.1) is 25.1 Å². The van der Waals surface area contributed by atoms with Crippen molar-refractivity contribution < 1.29 is 9.84 Å². The highest BCUT2D eigenvalue weighted by Gasteiger charge is 2.12. The van der Waals surface area contributed by atoms with Crippen molar-refractivity contribution in [1.82, 2.24) is 9.78 Å². The lowest BCUT2D eigenvalue weighted by Gasteiger charge is -2.11. The van der Waals surface area contributed by atoms with E-state index in [-0.39, 0.29) is 6.10 Å². The Balaban J connectivity index is 2.63. The molecule has 0 bridgehead atoms. The molecule has 1 aromatic rings. The zero-order valence-electron chi connectivity index (χ0n) is 11.1. The highest BCUT2D eigenvalue weighted by molar-refractivity contribution is 5.25. The largest absolute Gasteiger partial charge is 0.493 e. The van der Waals surface area contributed by atoms with Gasteiger partial charge >= 0.3 is 0 Å². The second-order valence-corrected chi connectivity index (χ2v) is 4.36. The summed E-state index contributed by atoms with van der Waals surface area (Å²) in [7, 11) is 1.67.